The van der Waals surface area contributed by atoms with Crippen LogP contribution in [0.5, 0.6) is 0 Å². The van der Waals surface area contributed by atoms with Crippen molar-refractivity contribution in [1.82, 2.24) is 4.98 Å². The first kappa shape index (κ1) is 17.2. The Morgan fingerprint density at radius 2 is 1.69 bits per heavy atom. The molecule has 0 atom stereocenters. The van der Waals surface area contributed by atoms with Gasteiger partial charge in [-0.2, -0.15) is 0 Å². The van der Waals surface area contributed by atoms with E-state index < -0.39 is 0 Å². The number of hydrogen-bond donors (Lipinski definition) is 0. The van der Waals surface area contributed by atoms with Gasteiger partial charge in [0.1, 0.15) is 0 Å². The Morgan fingerprint density at radius 3 is 2.42 bits per heavy atom. The van der Waals surface area contributed by atoms with Crippen molar-refractivity contribution in [3.05, 3.63) is 70.6 Å². The van der Waals surface area contributed by atoms with E-state index in [4.69, 9.17) is 0 Å². The van der Waals surface area contributed by atoms with Gasteiger partial charge >= 0.3 is 0 Å². The molecule has 3 heteroatoms. The zero-order valence-corrected chi connectivity index (χ0v) is 16.0. The Morgan fingerprint density at radius 1 is 0.962 bits per heavy atom. The fraction of sp³-hybridized carbons (Fsp3) is 0.304. The third-order valence-electron chi connectivity index (χ3n) is 5.18. The van der Waals surface area contributed by atoms with Crippen LogP contribution in [-0.4, -0.2) is 11.2 Å². The number of benzene rings is 2. The van der Waals surface area contributed by atoms with Crippen LogP contribution in [0.2, 0.25) is 0 Å². The molecule has 2 nitrogen and oxygen atoms in total. The highest BCUT2D eigenvalue weighted by Crippen LogP contribution is 2.34. The highest BCUT2D eigenvalue weighted by molar-refractivity contribution is 7.13. The highest BCUT2D eigenvalue weighted by Gasteiger charge is 2.15. The second kappa shape index (κ2) is 7.96. The van der Waals surface area contributed by atoms with Crippen molar-refractivity contribution < 1.29 is 0 Å². The van der Waals surface area contributed by atoms with Crippen LogP contribution in [0, 0.1) is 6.92 Å². The first-order chi connectivity index (χ1) is 12.8. The number of nitrogens with zero attached hydrogens (tertiary/aromatic N) is 2. The number of aliphatic imine (C=N–C) groups is 1. The summed E-state index contributed by atoms with van der Waals surface area (Å²) in [6.45, 7) is 2.09. The molecule has 132 valence electrons. The first-order valence-corrected chi connectivity index (χ1v) is 10.3. The number of aryl methyl sites for hydroxylation is 1. The van der Waals surface area contributed by atoms with Gasteiger partial charge in [-0.15, -0.1) is 11.3 Å². The standard InChI is InChI=1S/C23H24N2S/c1-17-7-9-18(10-8-17)15-24-23-25-22(16-26-23)21-13-11-20(12-14-21)19-5-3-2-4-6-19/h7-16,19H,2-6H2,1H3. The summed E-state index contributed by atoms with van der Waals surface area (Å²) in [5, 5.41) is 2.90. The predicted molar refractivity (Wildman–Crippen MR) is 112 cm³/mol. The maximum absolute atomic E-state index is 4.68. The molecule has 0 unspecified atom stereocenters. The summed E-state index contributed by atoms with van der Waals surface area (Å²) in [5.41, 5.74) is 6.04. The lowest BCUT2D eigenvalue weighted by molar-refractivity contribution is 0.443. The molecule has 1 aliphatic rings. The highest BCUT2D eigenvalue weighted by atomic mass is 32.1. The van der Waals surface area contributed by atoms with E-state index in [0.29, 0.717) is 0 Å². The molecule has 1 heterocycles. The summed E-state index contributed by atoms with van der Waals surface area (Å²) in [6.07, 6.45) is 8.72. The van der Waals surface area contributed by atoms with Gasteiger partial charge in [-0.25, -0.2) is 9.98 Å². The Labute approximate surface area is 159 Å². The normalized spacial score (nSPS) is 15.6. The maximum atomic E-state index is 4.68. The van der Waals surface area contributed by atoms with Crippen LogP contribution in [0.4, 0.5) is 5.13 Å². The van der Waals surface area contributed by atoms with Crippen LogP contribution < -0.4 is 0 Å². The fourth-order valence-electron chi connectivity index (χ4n) is 3.60. The van der Waals surface area contributed by atoms with Crippen molar-refractivity contribution in [2.75, 3.05) is 0 Å². The molecule has 0 saturated heterocycles. The van der Waals surface area contributed by atoms with Crippen molar-refractivity contribution in [1.29, 1.82) is 0 Å². The minimum absolute atomic E-state index is 0.753. The number of hydrogen-bond acceptors (Lipinski definition) is 3. The molecule has 1 saturated carbocycles. The fourth-order valence-corrected chi connectivity index (χ4v) is 4.27. The van der Waals surface area contributed by atoms with E-state index in [0.717, 1.165) is 22.3 Å². The van der Waals surface area contributed by atoms with Crippen LogP contribution >= 0.6 is 11.3 Å². The van der Waals surface area contributed by atoms with Gasteiger partial charge in [-0.3, -0.25) is 0 Å². The van der Waals surface area contributed by atoms with Crippen molar-refractivity contribution in [2.24, 2.45) is 4.99 Å². The summed E-state index contributed by atoms with van der Waals surface area (Å²) >= 11 is 1.59. The molecule has 4 rings (SSSR count). The van der Waals surface area contributed by atoms with Crippen LogP contribution in [0.1, 0.15) is 54.7 Å². The van der Waals surface area contributed by atoms with Gasteiger partial charge in [0.2, 0.25) is 5.13 Å². The molecule has 1 fully saturated rings. The monoisotopic (exact) mass is 360 g/mol. The lowest BCUT2D eigenvalue weighted by atomic mass is 9.84. The summed E-state index contributed by atoms with van der Waals surface area (Å²) in [7, 11) is 0. The van der Waals surface area contributed by atoms with Crippen molar-refractivity contribution >= 4 is 22.7 Å². The molecule has 0 aliphatic heterocycles. The Hall–Kier alpha value is -2.26. The van der Waals surface area contributed by atoms with Gasteiger partial charge in [0.15, 0.2) is 0 Å². The molecule has 0 amide bonds. The average molecular weight is 361 g/mol. The Balaban J connectivity index is 1.46. The molecule has 1 aromatic heterocycles. The maximum Gasteiger partial charge on any atom is 0.209 e. The average Bonchev–Trinajstić information content (AvgIpc) is 3.17. The molecule has 26 heavy (non-hydrogen) atoms. The van der Waals surface area contributed by atoms with E-state index in [1.165, 1.54) is 48.8 Å². The van der Waals surface area contributed by atoms with E-state index in [9.17, 15) is 0 Å². The molecule has 0 N–H and O–H groups in total. The molecule has 2 aromatic carbocycles. The third kappa shape index (κ3) is 4.10. The molecule has 0 spiro atoms. The molecular weight excluding hydrogens is 336 g/mol. The van der Waals surface area contributed by atoms with Crippen molar-refractivity contribution in [3.63, 3.8) is 0 Å². The third-order valence-corrected chi connectivity index (χ3v) is 5.93. The minimum Gasteiger partial charge on any atom is -0.227 e. The largest absolute Gasteiger partial charge is 0.227 e. The summed E-state index contributed by atoms with van der Waals surface area (Å²) in [6, 6.07) is 17.4. The summed E-state index contributed by atoms with van der Waals surface area (Å²) in [5.74, 6) is 0.753. The number of rotatable bonds is 4. The Bertz CT molecular complexity index is 869. The van der Waals surface area contributed by atoms with Crippen molar-refractivity contribution in [2.45, 2.75) is 44.9 Å². The van der Waals surface area contributed by atoms with E-state index in [2.05, 4.69) is 70.8 Å². The van der Waals surface area contributed by atoms with Gasteiger partial charge in [-0.1, -0.05) is 73.4 Å². The first-order valence-electron chi connectivity index (χ1n) is 9.44. The SMILES string of the molecule is Cc1ccc(C=Nc2nc(-c3ccc(C4CCCCC4)cc3)cs2)cc1. The minimum atomic E-state index is 0.753. The molecule has 1 aliphatic carbocycles. The van der Waals surface area contributed by atoms with Crippen LogP contribution in [0.15, 0.2) is 58.9 Å². The summed E-state index contributed by atoms with van der Waals surface area (Å²) < 4.78 is 0. The van der Waals surface area contributed by atoms with Gasteiger partial charge in [0.25, 0.3) is 0 Å². The van der Waals surface area contributed by atoms with Gasteiger partial charge in [0.05, 0.1) is 5.69 Å². The zero-order valence-electron chi connectivity index (χ0n) is 15.2. The Kier molecular flexibility index (Phi) is 5.26. The zero-order chi connectivity index (χ0) is 17.8. The van der Waals surface area contributed by atoms with E-state index in [-0.39, 0.29) is 0 Å². The smallest absolute Gasteiger partial charge is 0.209 e. The topological polar surface area (TPSA) is 25.2 Å². The lowest BCUT2D eigenvalue weighted by Crippen LogP contribution is -2.04. The van der Waals surface area contributed by atoms with E-state index in [1.54, 1.807) is 11.3 Å². The molecule has 0 radical (unpaired) electrons. The van der Waals surface area contributed by atoms with Crippen molar-refractivity contribution in [3.8, 4) is 11.3 Å². The van der Waals surface area contributed by atoms with E-state index >= 15 is 0 Å². The van der Waals surface area contributed by atoms with Crippen LogP contribution in [0.25, 0.3) is 11.3 Å². The predicted octanol–water partition coefficient (Wildman–Crippen LogP) is 6.92. The van der Waals surface area contributed by atoms with Gasteiger partial charge < -0.3 is 0 Å². The van der Waals surface area contributed by atoms with E-state index in [1.807, 2.05) is 6.21 Å². The quantitative estimate of drug-likeness (QED) is 0.464. The number of aromatic nitrogens is 1. The van der Waals surface area contributed by atoms with Gasteiger partial charge in [0, 0.05) is 17.2 Å². The lowest BCUT2D eigenvalue weighted by Gasteiger charge is -2.22. The second-order valence-corrected chi connectivity index (χ2v) is 7.98. The van der Waals surface area contributed by atoms with Gasteiger partial charge in [-0.05, 0) is 36.8 Å². The number of thiazole rings is 1. The molecular formula is C23H24N2S. The van der Waals surface area contributed by atoms with Crippen LogP contribution in [-0.2, 0) is 0 Å². The van der Waals surface area contributed by atoms with Crippen LogP contribution in [0.3, 0.4) is 0 Å². The molecule has 0 bridgehead atoms. The second-order valence-electron chi connectivity index (χ2n) is 7.14. The molecule has 3 aromatic rings. The summed E-state index contributed by atoms with van der Waals surface area (Å²) in [4.78, 5) is 9.20.